The Morgan fingerprint density at radius 3 is 2.24 bits per heavy atom. The molecule has 0 fully saturated rings. The van der Waals surface area contributed by atoms with Crippen LogP contribution in [0.5, 0.6) is 5.88 Å². The largest absolute Gasteiger partial charge is 0.481 e. The van der Waals surface area contributed by atoms with Gasteiger partial charge in [-0.25, -0.2) is 9.37 Å². The van der Waals surface area contributed by atoms with Gasteiger partial charge in [0.15, 0.2) is 0 Å². The molecular formula is C51H75ClFN5O5. The maximum Gasteiger partial charge on any atom is 0.266 e. The number of nitrogens with zero attached hydrogens (tertiary/aromatic N) is 3. The van der Waals surface area contributed by atoms with Gasteiger partial charge in [-0.2, -0.15) is 0 Å². The lowest BCUT2D eigenvalue weighted by Gasteiger charge is -2.35. The third-order valence-electron chi connectivity index (χ3n) is 12.2. The summed E-state index contributed by atoms with van der Waals surface area (Å²) in [5, 5.41) is 14.3. The minimum Gasteiger partial charge on any atom is -0.481 e. The van der Waals surface area contributed by atoms with Crippen LogP contribution in [0.4, 0.5) is 10.1 Å². The number of rotatable bonds is 15. The predicted octanol–water partition coefficient (Wildman–Crippen LogP) is 11.7. The molecule has 3 N–H and O–H groups in total. The topological polar surface area (TPSA) is 124 Å². The van der Waals surface area contributed by atoms with Crippen LogP contribution in [0.15, 0.2) is 60.6 Å². The molecule has 2 heterocycles. The summed E-state index contributed by atoms with van der Waals surface area (Å²) in [5.41, 5.74) is 5.10. The van der Waals surface area contributed by atoms with E-state index in [1.165, 1.54) is 41.6 Å². The smallest absolute Gasteiger partial charge is 0.266 e. The number of hydrogen-bond acceptors (Lipinski definition) is 7. The van der Waals surface area contributed by atoms with Gasteiger partial charge in [0, 0.05) is 66.3 Å². The SMILES string of the molecule is C=C1N(C)C=C(C(=O)Nc2ccc(F)c(-c3cccc(-c4cc5c(c(OC)n4)CCC5)c3Cl)c2C)C(=O)N1C.CC.CCC(C)CCC(CC)(CC)NC(=O)C(C)CC.CCCO. The van der Waals surface area contributed by atoms with Crippen LogP contribution in [0.3, 0.4) is 0 Å². The zero-order chi connectivity index (χ0) is 47.6. The molecule has 5 rings (SSSR count). The van der Waals surface area contributed by atoms with E-state index >= 15 is 4.39 Å². The first-order valence-corrected chi connectivity index (χ1v) is 23.2. The maximum atomic E-state index is 15.3. The van der Waals surface area contributed by atoms with E-state index in [0.29, 0.717) is 51.4 Å². The van der Waals surface area contributed by atoms with E-state index in [4.69, 9.17) is 26.4 Å². The fourth-order valence-corrected chi connectivity index (χ4v) is 7.58. The number of benzene rings is 2. The number of carbonyl (C=O) groups excluding carboxylic acids is 3. The van der Waals surface area contributed by atoms with Crippen molar-refractivity contribution in [3.8, 4) is 28.3 Å². The van der Waals surface area contributed by atoms with E-state index in [-0.39, 0.29) is 28.5 Å². The van der Waals surface area contributed by atoms with Crippen molar-refractivity contribution in [2.24, 2.45) is 11.8 Å². The van der Waals surface area contributed by atoms with Gasteiger partial charge in [-0.15, -0.1) is 0 Å². The standard InChI is InChI=1S/C30H28ClFN4O3.C16H33NO.C3H8O.C2H6/c1-16-24(33-28(37)22-15-35(3)17(2)36(4)30(22)38)13-12-23(32)26(16)21-11-7-10-20(27(21)31)25-14-18-8-6-9-19(18)29(34-25)39-5;1-7-13(5)11-12-16(9-3,10-4)17-15(18)14(6)8-2;1-2-3-4;1-2/h7,10-15H,2,6,8-9H2,1,3-5H3,(H,33,37);13-14H,7-12H2,1-6H3,(H,17,18);4H,2-3H2,1H3;1-2H3. The van der Waals surface area contributed by atoms with E-state index in [1.54, 1.807) is 45.2 Å². The van der Waals surface area contributed by atoms with Crippen molar-refractivity contribution in [3.05, 3.63) is 88.1 Å². The second kappa shape index (κ2) is 26.1. The predicted molar refractivity (Wildman–Crippen MR) is 258 cm³/mol. The van der Waals surface area contributed by atoms with E-state index in [2.05, 4.69) is 51.8 Å². The van der Waals surface area contributed by atoms with Crippen LogP contribution in [0.2, 0.25) is 5.02 Å². The number of methoxy groups -OCH3 is 1. The lowest BCUT2D eigenvalue weighted by Crippen LogP contribution is -2.49. The van der Waals surface area contributed by atoms with Crippen molar-refractivity contribution < 1.29 is 28.6 Å². The quantitative estimate of drug-likeness (QED) is 0.130. The third-order valence-corrected chi connectivity index (χ3v) is 12.6. The van der Waals surface area contributed by atoms with Gasteiger partial charge in [0.1, 0.15) is 17.2 Å². The van der Waals surface area contributed by atoms with E-state index in [1.807, 2.05) is 39.8 Å². The molecule has 1 aromatic heterocycles. The average Bonchev–Trinajstić information content (AvgIpc) is 3.79. The lowest BCUT2D eigenvalue weighted by molar-refractivity contribution is -0.129. The molecule has 348 valence electrons. The summed E-state index contributed by atoms with van der Waals surface area (Å²) in [4.78, 5) is 45.5. The zero-order valence-electron chi connectivity index (χ0n) is 40.4. The van der Waals surface area contributed by atoms with Crippen molar-refractivity contribution in [2.75, 3.05) is 33.1 Å². The highest BCUT2D eigenvalue weighted by Gasteiger charge is 2.31. The van der Waals surface area contributed by atoms with Crippen molar-refractivity contribution in [2.45, 2.75) is 139 Å². The first kappa shape index (κ1) is 54.4. The number of nitrogens with one attached hydrogen (secondary N) is 2. The van der Waals surface area contributed by atoms with Crippen LogP contribution < -0.4 is 15.4 Å². The molecule has 12 heteroatoms. The molecule has 0 radical (unpaired) electrons. The summed E-state index contributed by atoms with van der Waals surface area (Å²) in [6.45, 7) is 24.8. The summed E-state index contributed by atoms with van der Waals surface area (Å²) in [6, 6.07) is 10.1. The summed E-state index contributed by atoms with van der Waals surface area (Å²) in [6.07, 6.45) is 11.7. The Kier molecular flexibility index (Phi) is 22.6. The number of aromatic nitrogens is 1. The van der Waals surface area contributed by atoms with Crippen molar-refractivity contribution in [3.63, 3.8) is 0 Å². The molecule has 3 amide bonds. The molecule has 2 atom stereocenters. The number of likely N-dealkylation sites (N-methyl/N-ethyl adjacent to an activating group) is 1. The van der Waals surface area contributed by atoms with Gasteiger partial charge in [0.2, 0.25) is 11.8 Å². The minimum absolute atomic E-state index is 0.0178. The number of aryl methyl sites for hydroxylation is 1. The minimum atomic E-state index is -0.610. The Labute approximate surface area is 382 Å². The monoisotopic (exact) mass is 892 g/mol. The molecule has 0 saturated carbocycles. The first-order valence-electron chi connectivity index (χ1n) is 22.8. The normalized spacial score (nSPS) is 14.1. The van der Waals surface area contributed by atoms with Crippen LogP contribution in [0.1, 0.15) is 130 Å². The van der Waals surface area contributed by atoms with Gasteiger partial charge in [-0.1, -0.05) is 105 Å². The van der Waals surface area contributed by atoms with Crippen LogP contribution in [-0.4, -0.2) is 71.0 Å². The summed E-state index contributed by atoms with van der Waals surface area (Å²) >= 11 is 6.91. The Morgan fingerprint density at radius 1 is 1.03 bits per heavy atom. The molecule has 0 bridgehead atoms. The second-order valence-electron chi connectivity index (χ2n) is 16.2. The molecule has 2 unspecified atom stereocenters. The fourth-order valence-electron chi connectivity index (χ4n) is 7.26. The summed E-state index contributed by atoms with van der Waals surface area (Å²) in [5.74, 6) is 0.554. The molecule has 1 aliphatic heterocycles. The molecule has 2 aromatic carbocycles. The summed E-state index contributed by atoms with van der Waals surface area (Å²) < 4.78 is 20.9. The van der Waals surface area contributed by atoms with Gasteiger partial charge in [-0.05, 0) is 100.0 Å². The van der Waals surface area contributed by atoms with Gasteiger partial charge in [-0.3, -0.25) is 19.3 Å². The highest BCUT2D eigenvalue weighted by Crippen LogP contribution is 2.42. The van der Waals surface area contributed by atoms with Crippen LogP contribution >= 0.6 is 11.6 Å². The van der Waals surface area contributed by atoms with E-state index in [0.717, 1.165) is 62.8 Å². The number of ether oxygens (including phenoxy) is 1. The Balaban J connectivity index is 0.000000477. The molecule has 0 saturated heterocycles. The lowest BCUT2D eigenvalue weighted by atomic mass is 9.84. The van der Waals surface area contributed by atoms with Gasteiger partial charge < -0.3 is 25.4 Å². The molecule has 63 heavy (non-hydrogen) atoms. The fraction of sp³-hybridized carbons (Fsp3) is 0.529. The first-order chi connectivity index (χ1) is 30.0. The molecule has 0 spiro atoms. The number of halogens is 2. The number of hydrogen-bond donors (Lipinski definition) is 3. The average molecular weight is 893 g/mol. The van der Waals surface area contributed by atoms with Crippen molar-refractivity contribution >= 4 is 35.0 Å². The van der Waals surface area contributed by atoms with Crippen LogP contribution in [-0.2, 0) is 27.2 Å². The van der Waals surface area contributed by atoms with E-state index in [9.17, 15) is 14.4 Å². The number of anilines is 1. The van der Waals surface area contributed by atoms with Gasteiger partial charge in [0.05, 0.1) is 17.8 Å². The number of amides is 3. The van der Waals surface area contributed by atoms with Gasteiger partial charge >= 0.3 is 0 Å². The Morgan fingerprint density at radius 2 is 1.67 bits per heavy atom. The molecule has 3 aromatic rings. The number of aliphatic hydroxyl groups is 1. The third kappa shape index (κ3) is 13.9. The highest BCUT2D eigenvalue weighted by molar-refractivity contribution is 6.36. The number of fused-ring (bicyclic) bond motifs is 1. The maximum absolute atomic E-state index is 15.3. The highest BCUT2D eigenvalue weighted by atomic mass is 35.5. The zero-order valence-corrected chi connectivity index (χ0v) is 41.1. The van der Waals surface area contributed by atoms with E-state index < -0.39 is 17.6 Å². The van der Waals surface area contributed by atoms with Gasteiger partial charge in [0.25, 0.3) is 11.8 Å². The molecule has 2 aliphatic rings. The Bertz CT molecular complexity index is 2050. The molecular weight excluding hydrogens is 817 g/mol. The molecule has 10 nitrogen and oxygen atoms in total. The number of carbonyl (C=O) groups is 3. The summed E-state index contributed by atoms with van der Waals surface area (Å²) in [7, 11) is 4.84. The molecule has 1 aliphatic carbocycles. The van der Waals surface area contributed by atoms with Crippen LogP contribution in [0, 0.1) is 24.6 Å². The Hall–Kier alpha value is -4.74. The van der Waals surface area contributed by atoms with Crippen LogP contribution in [0.25, 0.3) is 22.4 Å². The van der Waals surface area contributed by atoms with Crippen molar-refractivity contribution in [1.82, 2.24) is 20.1 Å². The number of pyridine rings is 1. The second-order valence-corrected chi connectivity index (χ2v) is 16.6. The van der Waals surface area contributed by atoms with Crippen molar-refractivity contribution in [1.29, 1.82) is 0 Å². The number of aliphatic hydroxyl groups excluding tert-OH is 1.